The highest BCUT2D eigenvalue weighted by molar-refractivity contribution is 5.75. The van der Waals surface area contributed by atoms with E-state index in [9.17, 15) is 4.79 Å². The van der Waals surface area contributed by atoms with Crippen LogP contribution in [0.4, 0.5) is 0 Å². The van der Waals surface area contributed by atoms with Crippen molar-refractivity contribution in [3.63, 3.8) is 0 Å². The summed E-state index contributed by atoms with van der Waals surface area (Å²) in [6.45, 7) is 4.20. The van der Waals surface area contributed by atoms with Crippen LogP contribution in [0, 0.1) is 0 Å². The van der Waals surface area contributed by atoms with Crippen molar-refractivity contribution >= 4 is 5.91 Å². The number of nitrogens with zero attached hydrogens (tertiary/aromatic N) is 1. The molecule has 0 saturated carbocycles. The number of halogens is 1. The average Bonchev–Trinajstić information content (AvgIpc) is 2.61. The van der Waals surface area contributed by atoms with Gasteiger partial charge in [-0.15, -0.1) is 0 Å². The van der Waals surface area contributed by atoms with Crippen LogP contribution in [-0.4, -0.2) is 44.6 Å². The molecule has 0 aliphatic carbocycles. The fourth-order valence-electron chi connectivity index (χ4n) is 3.23. The van der Waals surface area contributed by atoms with E-state index >= 15 is 0 Å². The zero-order chi connectivity index (χ0) is 20.2. The van der Waals surface area contributed by atoms with Crippen LogP contribution in [0.25, 0.3) is 0 Å². The quantitative estimate of drug-likeness (QED) is 0.195. The molecule has 1 N–H and O–H groups in total. The molecule has 0 aromatic heterocycles. The summed E-state index contributed by atoms with van der Waals surface area (Å²) in [5.74, 6) is 0.231. The summed E-state index contributed by atoms with van der Waals surface area (Å²) in [5.41, 5.74) is 0. The maximum absolute atomic E-state index is 11.8. The van der Waals surface area contributed by atoms with Crippen molar-refractivity contribution < 1.29 is 21.7 Å². The fourth-order valence-corrected chi connectivity index (χ4v) is 3.23. The van der Waals surface area contributed by atoms with E-state index < -0.39 is 0 Å². The first-order valence-corrected chi connectivity index (χ1v) is 11.7. The first-order chi connectivity index (χ1) is 13.0. The molecule has 0 aliphatic rings. The molecule has 0 radical (unpaired) electrons. The van der Waals surface area contributed by atoms with E-state index in [-0.39, 0.29) is 18.3 Å². The molecule has 0 aromatic rings. The van der Waals surface area contributed by atoms with Crippen LogP contribution in [-0.2, 0) is 4.79 Å². The van der Waals surface area contributed by atoms with Gasteiger partial charge in [0.15, 0.2) is 0 Å². The van der Waals surface area contributed by atoms with Crippen molar-refractivity contribution in [2.45, 2.75) is 103 Å². The number of hydrogen-bond acceptors (Lipinski definition) is 1. The van der Waals surface area contributed by atoms with E-state index in [1.54, 1.807) is 0 Å². The summed E-state index contributed by atoms with van der Waals surface area (Å²) < 4.78 is 0.962. The molecule has 4 heteroatoms. The van der Waals surface area contributed by atoms with E-state index in [1.165, 1.54) is 77.0 Å². The summed E-state index contributed by atoms with van der Waals surface area (Å²) in [4.78, 5) is 11.8. The van der Waals surface area contributed by atoms with Gasteiger partial charge in [-0.1, -0.05) is 70.4 Å². The number of quaternary nitrogens is 1. The number of carbonyl (C=O) groups excluding carboxylic acids is 1. The Morgan fingerprint density at radius 2 is 1.25 bits per heavy atom. The molecule has 0 aliphatic heterocycles. The predicted octanol–water partition coefficient (Wildman–Crippen LogP) is 3.24. The molecule has 0 aromatic carbocycles. The summed E-state index contributed by atoms with van der Waals surface area (Å²) >= 11 is 0. The van der Waals surface area contributed by atoms with Gasteiger partial charge in [-0.2, -0.15) is 0 Å². The molecule has 3 nitrogen and oxygen atoms in total. The second-order valence-electron chi connectivity index (χ2n) is 9.05. The molecule has 0 unspecified atom stereocenters. The number of unbranched alkanes of at least 4 members (excludes halogenated alkanes) is 11. The highest BCUT2D eigenvalue weighted by atomic mass is 35.5. The van der Waals surface area contributed by atoms with E-state index in [0.29, 0.717) is 6.42 Å². The van der Waals surface area contributed by atoms with Gasteiger partial charge in [0.2, 0.25) is 5.91 Å². The normalized spacial score (nSPS) is 11.6. The number of nitrogens with one attached hydrogen (secondary N) is 1. The number of allylic oxidation sites excluding steroid dienone is 2. The second-order valence-corrected chi connectivity index (χ2v) is 9.05. The largest absolute Gasteiger partial charge is 1.00 e. The van der Waals surface area contributed by atoms with E-state index in [4.69, 9.17) is 0 Å². The highest BCUT2D eigenvalue weighted by Gasteiger charge is 2.06. The van der Waals surface area contributed by atoms with E-state index in [0.717, 1.165) is 30.4 Å². The molecule has 1 amide bonds. The Hall–Kier alpha value is -0.540. The molecule has 0 spiro atoms. The van der Waals surface area contributed by atoms with Gasteiger partial charge in [0.05, 0.1) is 27.7 Å². The van der Waals surface area contributed by atoms with E-state index in [2.05, 4.69) is 45.5 Å². The number of amides is 1. The van der Waals surface area contributed by atoms with Gasteiger partial charge in [-0.05, 0) is 32.1 Å². The van der Waals surface area contributed by atoms with Gasteiger partial charge in [0.25, 0.3) is 0 Å². The lowest BCUT2D eigenvalue weighted by Crippen LogP contribution is -3.00. The van der Waals surface area contributed by atoms with Crippen LogP contribution >= 0.6 is 0 Å². The lowest BCUT2D eigenvalue weighted by molar-refractivity contribution is -0.870. The van der Waals surface area contributed by atoms with Crippen molar-refractivity contribution in [2.75, 3.05) is 34.2 Å². The van der Waals surface area contributed by atoms with Crippen molar-refractivity contribution in [1.82, 2.24) is 5.32 Å². The molecule has 168 valence electrons. The Morgan fingerprint density at radius 3 is 1.79 bits per heavy atom. The minimum Gasteiger partial charge on any atom is -1.00 e. The van der Waals surface area contributed by atoms with Crippen LogP contribution in [0.15, 0.2) is 12.2 Å². The van der Waals surface area contributed by atoms with Crippen molar-refractivity contribution in [2.24, 2.45) is 0 Å². The number of rotatable bonds is 19. The van der Waals surface area contributed by atoms with Gasteiger partial charge in [0.1, 0.15) is 0 Å². The molecular formula is C24H49ClN2O. The summed E-state index contributed by atoms with van der Waals surface area (Å²) in [7, 11) is 6.56. The summed E-state index contributed by atoms with van der Waals surface area (Å²) in [6, 6.07) is 0. The molecule has 0 fully saturated rings. The third-order valence-corrected chi connectivity index (χ3v) is 4.99. The first-order valence-electron chi connectivity index (χ1n) is 11.7. The monoisotopic (exact) mass is 416 g/mol. The fraction of sp³-hybridized carbons (Fsp3) is 0.875. The second kappa shape index (κ2) is 21.2. The zero-order valence-electron chi connectivity index (χ0n) is 19.4. The van der Waals surface area contributed by atoms with Crippen molar-refractivity contribution in [1.29, 1.82) is 0 Å². The van der Waals surface area contributed by atoms with Crippen LogP contribution < -0.4 is 17.7 Å². The number of carbonyl (C=O) groups is 1. The van der Waals surface area contributed by atoms with Gasteiger partial charge in [-0.3, -0.25) is 4.79 Å². The highest BCUT2D eigenvalue weighted by Crippen LogP contribution is 2.10. The molecule has 0 saturated heterocycles. The summed E-state index contributed by atoms with van der Waals surface area (Å²) in [6.07, 6.45) is 23.4. The maximum atomic E-state index is 11.8. The minimum absolute atomic E-state index is 0. The Kier molecular flexibility index (Phi) is 22.4. The van der Waals surface area contributed by atoms with Crippen molar-refractivity contribution in [3.8, 4) is 0 Å². The van der Waals surface area contributed by atoms with E-state index in [1.807, 2.05) is 0 Å². The molecule has 0 heterocycles. The Morgan fingerprint density at radius 1 is 0.750 bits per heavy atom. The smallest absolute Gasteiger partial charge is 0.219 e. The average molecular weight is 417 g/mol. The third-order valence-electron chi connectivity index (χ3n) is 4.99. The molecule has 28 heavy (non-hydrogen) atoms. The zero-order valence-corrected chi connectivity index (χ0v) is 20.2. The van der Waals surface area contributed by atoms with Gasteiger partial charge >= 0.3 is 0 Å². The van der Waals surface area contributed by atoms with Gasteiger partial charge in [0, 0.05) is 19.4 Å². The molecule has 0 rings (SSSR count). The molecule has 0 atom stereocenters. The Balaban J connectivity index is 0. The summed E-state index contributed by atoms with van der Waals surface area (Å²) in [5, 5.41) is 3.05. The topological polar surface area (TPSA) is 29.1 Å². The molecule has 0 bridgehead atoms. The minimum atomic E-state index is 0. The maximum Gasteiger partial charge on any atom is 0.219 e. The van der Waals surface area contributed by atoms with Gasteiger partial charge < -0.3 is 22.2 Å². The SMILES string of the molecule is CCCCCCCCC=CCCCCCCCC(=O)NCCC[N+](C)(C)C.[Cl-]. The number of hydrogen-bond donors (Lipinski definition) is 1. The van der Waals surface area contributed by atoms with Crippen LogP contribution in [0.5, 0.6) is 0 Å². The lowest BCUT2D eigenvalue weighted by Gasteiger charge is -2.23. The van der Waals surface area contributed by atoms with Crippen LogP contribution in [0.2, 0.25) is 0 Å². The van der Waals surface area contributed by atoms with Crippen LogP contribution in [0.1, 0.15) is 103 Å². The lowest BCUT2D eigenvalue weighted by atomic mass is 10.1. The molecular weight excluding hydrogens is 368 g/mol. The Bertz CT molecular complexity index is 364. The van der Waals surface area contributed by atoms with Gasteiger partial charge in [-0.25, -0.2) is 0 Å². The third kappa shape index (κ3) is 25.5. The van der Waals surface area contributed by atoms with Crippen LogP contribution in [0.3, 0.4) is 0 Å². The first kappa shape index (κ1) is 29.7. The predicted molar refractivity (Wildman–Crippen MR) is 120 cm³/mol. The Labute approximate surface area is 182 Å². The van der Waals surface area contributed by atoms with Crippen molar-refractivity contribution in [3.05, 3.63) is 12.2 Å². The standard InChI is InChI=1S/C24H48N2O.ClH/c1-5-6-7-8-9-10-11-12-13-14-15-16-17-18-19-21-24(27)25-22-20-23-26(2,3)4;/h12-13H,5-11,14-23H2,1-4H3;1H.